The first-order valence-electron chi connectivity index (χ1n) is 5.43. The summed E-state index contributed by atoms with van der Waals surface area (Å²) in [4.78, 5) is 11.6. The summed E-state index contributed by atoms with van der Waals surface area (Å²) in [5.41, 5.74) is 1.78. The largest absolute Gasteiger partial charge is 0.497 e. The van der Waals surface area contributed by atoms with Gasteiger partial charge >= 0.3 is 0 Å². The van der Waals surface area contributed by atoms with Gasteiger partial charge in [-0.25, -0.2) is 0 Å². The molecular weight excluding hydrogens is 216 g/mol. The molecule has 0 aromatic heterocycles. The first-order valence-corrected chi connectivity index (χ1v) is 5.43. The number of nitrogens with one attached hydrogen (secondary N) is 2. The van der Waals surface area contributed by atoms with Crippen LogP contribution < -0.4 is 15.4 Å². The number of benzene rings is 1. The second kappa shape index (κ2) is 6.70. The minimum absolute atomic E-state index is 0.0804. The summed E-state index contributed by atoms with van der Waals surface area (Å²) in [6.45, 7) is 6.39. The lowest BCUT2D eigenvalue weighted by Gasteiger charge is -2.10. The topological polar surface area (TPSA) is 50.4 Å². The molecule has 0 atom stereocenters. The van der Waals surface area contributed by atoms with Crippen LogP contribution >= 0.6 is 0 Å². The van der Waals surface area contributed by atoms with Crippen LogP contribution in [-0.2, 0) is 4.79 Å². The van der Waals surface area contributed by atoms with E-state index in [0.717, 1.165) is 17.0 Å². The van der Waals surface area contributed by atoms with E-state index in [0.29, 0.717) is 6.54 Å². The molecule has 0 saturated heterocycles. The molecule has 0 unspecified atom stereocenters. The van der Waals surface area contributed by atoms with E-state index in [-0.39, 0.29) is 12.5 Å². The van der Waals surface area contributed by atoms with E-state index in [2.05, 4.69) is 17.2 Å². The van der Waals surface area contributed by atoms with E-state index in [1.807, 2.05) is 19.1 Å². The minimum atomic E-state index is -0.0804. The number of anilines is 1. The summed E-state index contributed by atoms with van der Waals surface area (Å²) in [6.07, 6.45) is 1.71. The van der Waals surface area contributed by atoms with Gasteiger partial charge in [0.05, 0.1) is 13.7 Å². The molecule has 1 aromatic rings. The van der Waals surface area contributed by atoms with Crippen LogP contribution in [0.2, 0.25) is 0 Å². The molecule has 17 heavy (non-hydrogen) atoms. The van der Waals surface area contributed by atoms with Crippen molar-refractivity contribution in [2.24, 2.45) is 0 Å². The smallest absolute Gasteiger partial charge is 0.238 e. The molecule has 0 fully saturated rings. The van der Waals surface area contributed by atoms with E-state index in [4.69, 9.17) is 4.74 Å². The van der Waals surface area contributed by atoms with E-state index in [1.165, 1.54) is 0 Å². The van der Waals surface area contributed by atoms with E-state index in [9.17, 15) is 4.79 Å². The average molecular weight is 234 g/mol. The first kappa shape index (κ1) is 13.3. The second-order valence-electron chi connectivity index (χ2n) is 3.65. The molecule has 0 bridgehead atoms. The molecule has 0 heterocycles. The first-order chi connectivity index (χ1) is 8.17. The summed E-state index contributed by atoms with van der Waals surface area (Å²) >= 11 is 0. The molecule has 1 amide bonds. The maximum absolute atomic E-state index is 11.6. The summed E-state index contributed by atoms with van der Waals surface area (Å²) in [5, 5.41) is 5.77. The molecule has 0 aliphatic carbocycles. The van der Waals surface area contributed by atoms with Crippen LogP contribution in [-0.4, -0.2) is 26.1 Å². The van der Waals surface area contributed by atoms with Crippen molar-refractivity contribution in [3.05, 3.63) is 36.4 Å². The number of rotatable bonds is 6. The SMILES string of the molecule is C=CCNCC(=O)Nc1cc(OC)ccc1C. The van der Waals surface area contributed by atoms with Crippen molar-refractivity contribution in [1.82, 2.24) is 5.32 Å². The van der Waals surface area contributed by atoms with Crippen molar-refractivity contribution in [3.63, 3.8) is 0 Å². The van der Waals surface area contributed by atoms with Gasteiger partial charge in [0.2, 0.25) is 5.91 Å². The third-order valence-corrected chi connectivity index (χ3v) is 2.29. The third-order valence-electron chi connectivity index (χ3n) is 2.29. The number of ether oxygens (including phenoxy) is 1. The predicted molar refractivity (Wildman–Crippen MR) is 69.4 cm³/mol. The summed E-state index contributed by atoms with van der Waals surface area (Å²) in [6, 6.07) is 5.58. The molecule has 0 saturated carbocycles. The lowest BCUT2D eigenvalue weighted by molar-refractivity contribution is -0.115. The summed E-state index contributed by atoms with van der Waals surface area (Å²) in [5.74, 6) is 0.646. The summed E-state index contributed by atoms with van der Waals surface area (Å²) in [7, 11) is 1.60. The number of aryl methyl sites for hydroxylation is 1. The number of amides is 1. The quantitative estimate of drug-likeness (QED) is 0.582. The Bertz CT molecular complexity index is 402. The maximum Gasteiger partial charge on any atom is 0.238 e. The molecule has 0 aliphatic heterocycles. The number of carbonyl (C=O) groups is 1. The Hall–Kier alpha value is -1.81. The van der Waals surface area contributed by atoms with Gasteiger partial charge in [0.25, 0.3) is 0 Å². The molecular formula is C13H18N2O2. The zero-order chi connectivity index (χ0) is 12.7. The van der Waals surface area contributed by atoms with Crippen LogP contribution in [0.3, 0.4) is 0 Å². The van der Waals surface area contributed by atoms with Gasteiger partial charge in [-0.3, -0.25) is 4.79 Å². The number of methoxy groups -OCH3 is 1. The molecule has 4 heteroatoms. The fraction of sp³-hybridized carbons (Fsp3) is 0.308. The number of hydrogen-bond donors (Lipinski definition) is 2. The Morgan fingerprint density at radius 3 is 2.94 bits per heavy atom. The van der Waals surface area contributed by atoms with Gasteiger partial charge < -0.3 is 15.4 Å². The second-order valence-corrected chi connectivity index (χ2v) is 3.65. The predicted octanol–water partition coefficient (Wildman–Crippen LogP) is 1.72. The molecule has 2 N–H and O–H groups in total. The van der Waals surface area contributed by atoms with Crippen LogP contribution in [0.1, 0.15) is 5.56 Å². The highest BCUT2D eigenvalue weighted by Gasteiger charge is 2.05. The van der Waals surface area contributed by atoms with Gasteiger partial charge in [-0.2, -0.15) is 0 Å². The molecule has 1 rings (SSSR count). The van der Waals surface area contributed by atoms with Crippen LogP contribution in [0, 0.1) is 6.92 Å². The number of carbonyl (C=O) groups excluding carboxylic acids is 1. The zero-order valence-electron chi connectivity index (χ0n) is 10.2. The average Bonchev–Trinajstić information content (AvgIpc) is 2.32. The highest BCUT2D eigenvalue weighted by Crippen LogP contribution is 2.21. The Morgan fingerprint density at radius 1 is 1.53 bits per heavy atom. The Balaban J connectivity index is 2.60. The van der Waals surface area contributed by atoms with E-state index < -0.39 is 0 Å². The molecule has 92 valence electrons. The van der Waals surface area contributed by atoms with Crippen molar-refractivity contribution >= 4 is 11.6 Å². The number of hydrogen-bond acceptors (Lipinski definition) is 3. The van der Waals surface area contributed by atoms with E-state index >= 15 is 0 Å². The van der Waals surface area contributed by atoms with Crippen LogP contribution in [0.15, 0.2) is 30.9 Å². The van der Waals surface area contributed by atoms with Crippen LogP contribution in [0.5, 0.6) is 5.75 Å². The van der Waals surface area contributed by atoms with E-state index in [1.54, 1.807) is 19.3 Å². The van der Waals surface area contributed by atoms with Crippen molar-refractivity contribution in [3.8, 4) is 5.75 Å². The molecule has 0 spiro atoms. The monoisotopic (exact) mass is 234 g/mol. The Morgan fingerprint density at radius 2 is 2.29 bits per heavy atom. The minimum Gasteiger partial charge on any atom is -0.497 e. The molecule has 4 nitrogen and oxygen atoms in total. The lowest BCUT2D eigenvalue weighted by atomic mass is 10.2. The van der Waals surface area contributed by atoms with Gasteiger partial charge in [0, 0.05) is 18.3 Å². The highest BCUT2D eigenvalue weighted by molar-refractivity contribution is 5.93. The normalized spacial score (nSPS) is 9.76. The van der Waals surface area contributed by atoms with Crippen molar-refractivity contribution < 1.29 is 9.53 Å². The van der Waals surface area contributed by atoms with Gasteiger partial charge in [-0.05, 0) is 18.6 Å². The summed E-state index contributed by atoms with van der Waals surface area (Å²) < 4.78 is 5.11. The maximum atomic E-state index is 11.6. The standard InChI is InChI=1S/C13H18N2O2/c1-4-7-14-9-13(16)15-12-8-11(17-3)6-5-10(12)2/h4-6,8,14H,1,7,9H2,2-3H3,(H,15,16). The Labute approximate surface area is 102 Å². The van der Waals surface area contributed by atoms with Crippen molar-refractivity contribution in [2.75, 3.05) is 25.5 Å². The van der Waals surface area contributed by atoms with Crippen molar-refractivity contribution in [2.45, 2.75) is 6.92 Å². The van der Waals surface area contributed by atoms with Crippen LogP contribution in [0.4, 0.5) is 5.69 Å². The fourth-order valence-corrected chi connectivity index (χ4v) is 1.34. The fourth-order valence-electron chi connectivity index (χ4n) is 1.34. The van der Waals surface area contributed by atoms with Crippen LogP contribution in [0.25, 0.3) is 0 Å². The van der Waals surface area contributed by atoms with Gasteiger partial charge in [-0.15, -0.1) is 6.58 Å². The Kier molecular flexibility index (Phi) is 5.23. The van der Waals surface area contributed by atoms with Crippen molar-refractivity contribution in [1.29, 1.82) is 0 Å². The lowest BCUT2D eigenvalue weighted by Crippen LogP contribution is -2.28. The third kappa shape index (κ3) is 4.28. The molecule has 0 radical (unpaired) electrons. The molecule has 1 aromatic carbocycles. The van der Waals surface area contributed by atoms with Gasteiger partial charge in [0.1, 0.15) is 5.75 Å². The molecule has 0 aliphatic rings. The highest BCUT2D eigenvalue weighted by atomic mass is 16.5. The van der Waals surface area contributed by atoms with Gasteiger partial charge in [-0.1, -0.05) is 12.1 Å². The van der Waals surface area contributed by atoms with Gasteiger partial charge in [0.15, 0.2) is 0 Å². The zero-order valence-corrected chi connectivity index (χ0v) is 10.2.